The third-order valence-electron chi connectivity index (χ3n) is 2.03. The molecule has 0 amide bonds. The van der Waals surface area contributed by atoms with Gasteiger partial charge in [0.15, 0.2) is 0 Å². The van der Waals surface area contributed by atoms with Gasteiger partial charge in [0.25, 0.3) is 0 Å². The molecule has 0 aliphatic carbocycles. The number of aliphatic hydroxyl groups excluding tert-OH is 1. The van der Waals surface area contributed by atoms with Crippen LogP contribution in [0.25, 0.3) is 0 Å². The van der Waals surface area contributed by atoms with Crippen LogP contribution in [0.1, 0.15) is 42.3 Å². The van der Waals surface area contributed by atoms with E-state index in [0.29, 0.717) is 0 Å². The maximum Gasteiger partial charge on any atom is 0.103 e. The van der Waals surface area contributed by atoms with Crippen LogP contribution in [0.2, 0.25) is 0 Å². The van der Waals surface area contributed by atoms with E-state index in [0.717, 1.165) is 29.2 Å². The Hall–Kier alpha value is -0.0600. The van der Waals surface area contributed by atoms with E-state index in [2.05, 4.69) is 18.8 Å². The molecule has 1 aromatic heterocycles. The first-order valence-electron chi connectivity index (χ1n) is 5.47. The lowest BCUT2D eigenvalue weighted by molar-refractivity contribution is 0.284. The predicted molar refractivity (Wildman–Crippen MR) is 68.5 cm³/mol. The Kier molecular flexibility index (Phi) is 6.29. The Balaban J connectivity index is 2.57. The molecule has 0 aliphatic heterocycles. The highest BCUT2D eigenvalue weighted by molar-refractivity contribution is 7.98. The average Bonchev–Trinajstić information content (AvgIpc) is 2.62. The fraction of sp³-hybridized carbons (Fsp3) is 0.727. The molecule has 0 saturated carbocycles. The Morgan fingerprint density at radius 2 is 2.13 bits per heavy atom. The fourth-order valence-corrected chi connectivity index (χ4v) is 3.29. The van der Waals surface area contributed by atoms with Gasteiger partial charge in [-0.15, -0.1) is 11.3 Å². The standard InChI is InChI=1S/C11H19NOS2/c1-3-5-9-10(7-13)15-11(12-9)8-14-6-4-2/h13H,3-8H2,1-2H3. The molecular formula is C11H19NOS2. The zero-order chi connectivity index (χ0) is 11.1. The summed E-state index contributed by atoms with van der Waals surface area (Å²) in [5.74, 6) is 2.19. The zero-order valence-electron chi connectivity index (χ0n) is 9.45. The molecule has 0 fully saturated rings. The molecule has 0 spiro atoms. The van der Waals surface area contributed by atoms with Crippen molar-refractivity contribution < 1.29 is 5.11 Å². The van der Waals surface area contributed by atoms with Crippen molar-refractivity contribution in [3.63, 3.8) is 0 Å². The van der Waals surface area contributed by atoms with Crippen molar-refractivity contribution in [3.8, 4) is 0 Å². The molecular weight excluding hydrogens is 226 g/mol. The predicted octanol–water partition coefficient (Wildman–Crippen LogP) is 3.23. The van der Waals surface area contributed by atoms with Crippen molar-refractivity contribution in [1.82, 2.24) is 4.98 Å². The summed E-state index contributed by atoms with van der Waals surface area (Å²) in [7, 11) is 0. The quantitative estimate of drug-likeness (QED) is 0.749. The second-order valence-electron chi connectivity index (χ2n) is 3.44. The van der Waals surface area contributed by atoms with E-state index in [9.17, 15) is 5.11 Å². The van der Waals surface area contributed by atoms with Gasteiger partial charge in [-0.25, -0.2) is 4.98 Å². The van der Waals surface area contributed by atoms with Crippen molar-refractivity contribution in [2.45, 2.75) is 45.5 Å². The summed E-state index contributed by atoms with van der Waals surface area (Å²) in [4.78, 5) is 5.64. The van der Waals surface area contributed by atoms with E-state index in [1.807, 2.05) is 11.8 Å². The molecule has 1 heterocycles. The van der Waals surface area contributed by atoms with Gasteiger partial charge in [0.1, 0.15) is 5.01 Å². The van der Waals surface area contributed by atoms with Crippen LogP contribution in [0.5, 0.6) is 0 Å². The number of aromatic nitrogens is 1. The van der Waals surface area contributed by atoms with Crippen LogP contribution in [0.4, 0.5) is 0 Å². The summed E-state index contributed by atoms with van der Waals surface area (Å²) in [6.07, 6.45) is 3.30. The van der Waals surface area contributed by atoms with Crippen LogP contribution < -0.4 is 0 Å². The first-order valence-corrected chi connectivity index (χ1v) is 7.45. The smallest absolute Gasteiger partial charge is 0.103 e. The van der Waals surface area contributed by atoms with Gasteiger partial charge in [-0.05, 0) is 18.6 Å². The first kappa shape index (κ1) is 13.0. The lowest BCUT2D eigenvalue weighted by Gasteiger charge is -1.94. The minimum absolute atomic E-state index is 0.144. The molecule has 0 radical (unpaired) electrons. The van der Waals surface area contributed by atoms with E-state index in [4.69, 9.17) is 0 Å². The van der Waals surface area contributed by atoms with Gasteiger partial charge < -0.3 is 5.11 Å². The minimum Gasteiger partial charge on any atom is -0.391 e. The van der Waals surface area contributed by atoms with E-state index in [1.54, 1.807) is 11.3 Å². The van der Waals surface area contributed by atoms with Gasteiger partial charge in [0, 0.05) is 5.75 Å². The maximum atomic E-state index is 9.19. The van der Waals surface area contributed by atoms with Gasteiger partial charge in [-0.2, -0.15) is 11.8 Å². The SMILES string of the molecule is CCCSCc1nc(CCC)c(CO)s1. The first-order chi connectivity index (χ1) is 7.31. The van der Waals surface area contributed by atoms with Gasteiger partial charge in [-0.3, -0.25) is 0 Å². The molecule has 0 aliphatic rings. The highest BCUT2D eigenvalue weighted by atomic mass is 32.2. The molecule has 2 nitrogen and oxygen atoms in total. The molecule has 1 aromatic rings. The molecule has 1 N–H and O–H groups in total. The normalized spacial score (nSPS) is 10.9. The van der Waals surface area contributed by atoms with E-state index in [-0.39, 0.29) is 6.61 Å². The molecule has 15 heavy (non-hydrogen) atoms. The van der Waals surface area contributed by atoms with Gasteiger partial charge >= 0.3 is 0 Å². The minimum atomic E-state index is 0.144. The highest BCUT2D eigenvalue weighted by Gasteiger charge is 2.09. The van der Waals surface area contributed by atoms with Crippen molar-refractivity contribution >= 4 is 23.1 Å². The van der Waals surface area contributed by atoms with Gasteiger partial charge in [-0.1, -0.05) is 20.3 Å². The lowest BCUT2D eigenvalue weighted by Crippen LogP contribution is -1.90. The van der Waals surface area contributed by atoms with Gasteiger partial charge in [0.2, 0.25) is 0 Å². The van der Waals surface area contributed by atoms with Crippen molar-refractivity contribution in [3.05, 3.63) is 15.6 Å². The van der Waals surface area contributed by atoms with E-state index >= 15 is 0 Å². The van der Waals surface area contributed by atoms with Crippen LogP contribution in [0.3, 0.4) is 0 Å². The lowest BCUT2D eigenvalue weighted by atomic mass is 10.2. The third kappa shape index (κ3) is 4.13. The molecule has 0 bridgehead atoms. The molecule has 0 atom stereocenters. The Morgan fingerprint density at radius 1 is 1.33 bits per heavy atom. The number of aryl methyl sites for hydroxylation is 1. The fourth-order valence-electron chi connectivity index (χ4n) is 1.36. The zero-order valence-corrected chi connectivity index (χ0v) is 11.1. The second kappa shape index (κ2) is 7.25. The number of rotatable bonds is 7. The number of aliphatic hydroxyl groups is 1. The van der Waals surface area contributed by atoms with Crippen LogP contribution in [-0.4, -0.2) is 15.8 Å². The summed E-state index contributed by atoms with van der Waals surface area (Å²) >= 11 is 3.59. The van der Waals surface area contributed by atoms with Crippen molar-refractivity contribution in [2.75, 3.05) is 5.75 Å². The van der Waals surface area contributed by atoms with Crippen LogP contribution in [0, 0.1) is 0 Å². The number of thiazole rings is 1. The van der Waals surface area contributed by atoms with E-state index in [1.165, 1.54) is 17.2 Å². The third-order valence-corrected chi connectivity index (χ3v) is 4.47. The van der Waals surface area contributed by atoms with Gasteiger partial charge in [0.05, 0.1) is 17.2 Å². The Bertz CT molecular complexity index is 286. The molecule has 86 valence electrons. The molecule has 0 unspecified atom stereocenters. The van der Waals surface area contributed by atoms with E-state index < -0.39 is 0 Å². The molecule has 1 rings (SSSR count). The molecule has 0 saturated heterocycles. The number of hydrogen-bond acceptors (Lipinski definition) is 4. The van der Waals surface area contributed by atoms with Crippen LogP contribution in [-0.2, 0) is 18.8 Å². The van der Waals surface area contributed by atoms with Crippen molar-refractivity contribution in [2.24, 2.45) is 0 Å². The summed E-state index contributed by atoms with van der Waals surface area (Å²) in [5, 5.41) is 10.4. The largest absolute Gasteiger partial charge is 0.391 e. The van der Waals surface area contributed by atoms with Crippen LogP contribution >= 0.6 is 23.1 Å². The number of thioether (sulfide) groups is 1. The molecule has 0 aromatic carbocycles. The monoisotopic (exact) mass is 245 g/mol. The summed E-state index contributed by atoms with van der Waals surface area (Å²) in [6, 6.07) is 0. The average molecular weight is 245 g/mol. The summed E-state index contributed by atoms with van der Waals surface area (Å²) in [5.41, 5.74) is 1.11. The summed E-state index contributed by atoms with van der Waals surface area (Å²) in [6.45, 7) is 4.48. The summed E-state index contributed by atoms with van der Waals surface area (Å²) < 4.78 is 0. The van der Waals surface area contributed by atoms with Crippen molar-refractivity contribution in [1.29, 1.82) is 0 Å². The second-order valence-corrected chi connectivity index (χ2v) is 5.71. The number of hydrogen-bond donors (Lipinski definition) is 1. The Labute approximate surface area is 100 Å². The number of nitrogens with zero attached hydrogens (tertiary/aromatic N) is 1. The topological polar surface area (TPSA) is 33.1 Å². The molecule has 4 heteroatoms. The Morgan fingerprint density at radius 3 is 2.73 bits per heavy atom. The van der Waals surface area contributed by atoms with Crippen LogP contribution in [0.15, 0.2) is 0 Å². The highest BCUT2D eigenvalue weighted by Crippen LogP contribution is 2.23. The maximum absolute atomic E-state index is 9.19.